The summed E-state index contributed by atoms with van der Waals surface area (Å²) in [6.07, 6.45) is 1.32. The molecule has 0 saturated carbocycles. The Morgan fingerprint density at radius 1 is 1.91 bits per heavy atom. The van der Waals surface area contributed by atoms with Crippen molar-refractivity contribution in [1.29, 1.82) is 0 Å². The molecule has 1 rings (SSSR count). The molecule has 0 fully saturated rings. The molecule has 0 radical (unpaired) electrons. The molecule has 0 aliphatic carbocycles. The number of carboxylic acid groups (broad SMARTS) is 1. The first-order chi connectivity index (χ1) is 5.25. The molecule has 1 aromatic rings. The molecule has 1 atom stereocenters. The summed E-state index contributed by atoms with van der Waals surface area (Å²) in [6, 6.07) is 1.49. The molecule has 1 unspecified atom stereocenters. The smallest absolute Gasteiger partial charge is 0.314 e. The first kappa shape index (κ1) is 7.74. The molecule has 0 amide bonds. The minimum atomic E-state index is -0.985. The third-order valence-corrected chi connectivity index (χ3v) is 1.35. The number of aliphatic carboxylic acids is 1. The molecule has 5 heteroatoms. The Bertz CT molecular complexity index is 232. The average molecular weight is 156 g/mol. The van der Waals surface area contributed by atoms with Crippen LogP contribution in [-0.2, 0) is 4.79 Å². The summed E-state index contributed by atoms with van der Waals surface area (Å²) in [5.41, 5.74) is 5.56. The van der Waals surface area contributed by atoms with Crippen LogP contribution < -0.4 is 5.73 Å². The van der Waals surface area contributed by atoms with Gasteiger partial charge in [0.2, 0.25) is 0 Å². The highest BCUT2D eigenvalue weighted by Crippen LogP contribution is 2.11. The van der Waals surface area contributed by atoms with E-state index in [-0.39, 0.29) is 6.54 Å². The number of rotatable bonds is 3. The topological polar surface area (TPSA) is 89.4 Å². The van der Waals surface area contributed by atoms with Gasteiger partial charge < -0.3 is 15.4 Å². The standard InChI is InChI=1S/C6H8N2O3/c7-3-4(6(9)10)5-1-2-11-8-5/h1-2,4H,3,7H2,(H,9,10). The van der Waals surface area contributed by atoms with Crippen LogP contribution in [0, 0.1) is 0 Å². The van der Waals surface area contributed by atoms with Gasteiger partial charge >= 0.3 is 5.97 Å². The van der Waals surface area contributed by atoms with Crippen LogP contribution in [-0.4, -0.2) is 22.8 Å². The van der Waals surface area contributed by atoms with Crippen molar-refractivity contribution in [1.82, 2.24) is 5.16 Å². The van der Waals surface area contributed by atoms with Gasteiger partial charge in [-0.3, -0.25) is 4.79 Å². The Kier molecular flexibility index (Phi) is 2.22. The number of hydrogen-bond acceptors (Lipinski definition) is 4. The molecule has 11 heavy (non-hydrogen) atoms. The van der Waals surface area contributed by atoms with E-state index < -0.39 is 11.9 Å². The Labute approximate surface area is 62.8 Å². The summed E-state index contributed by atoms with van der Waals surface area (Å²) in [5.74, 6) is -1.74. The van der Waals surface area contributed by atoms with Gasteiger partial charge in [-0.05, 0) is 0 Å². The van der Waals surface area contributed by atoms with Crippen molar-refractivity contribution in [2.75, 3.05) is 6.54 Å². The lowest BCUT2D eigenvalue weighted by molar-refractivity contribution is -0.138. The second kappa shape index (κ2) is 3.16. The summed E-state index contributed by atoms with van der Waals surface area (Å²) in [6.45, 7) is 0.0296. The van der Waals surface area contributed by atoms with Crippen molar-refractivity contribution in [3.63, 3.8) is 0 Å². The molecular formula is C6H8N2O3. The van der Waals surface area contributed by atoms with E-state index in [1.165, 1.54) is 12.3 Å². The van der Waals surface area contributed by atoms with Gasteiger partial charge in [0, 0.05) is 12.6 Å². The van der Waals surface area contributed by atoms with Crippen molar-refractivity contribution in [2.45, 2.75) is 5.92 Å². The Balaban J connectivity index is 2.79. The number of nitrogens with two attached hydrogens (primary N) is 1. The predicted molar refractivity (Wildman–Crippen MR) is 35.9 cm³/mol. The van der Waals surface area contributed by atoms with Crippen LogP contribution in [0.15, 0.2) is 16.9 Å². The first-order valence-electron chi connectivity index (χ1n) is 3.09. The van der Waals surface area contributed by atoms with E-state index in [9.17, 15) is 4.79 Å². The summed E-state index contributed by atoms with van der Waals surface area (Å²) in [7, 11) is 0. The normalized spacial score (nSPS) is 12.8. The molecule has 0 aliphatic rings. The fourth-order valence-corrected chi connectivity index (χ4v) is 0.750. The van der Waals surface area contributed by atoms with Crippen molar-refractivity contribution >= 4 is 5.97 Å². The Morgan fingerprint density at radius 3 is 3.00 bits per heavy atom. The minimum absolute atomic E-state index is 0.0296. The first-order valence-corrected chi connectivity index (χ1v) is 3.09. The van der Waals surface area contributed by atoms with Crippen molar-refractivity contribution in [3.05, 3.63) is 18.0 Å². The van der Waals surface area contributed by atoms with E-state index in [2.05, 4.69) is 9.68 Å². The average Bonchev–Trinajstić information content (AvgIpc) is 2.40. The lowest BCUT2D eigenvalue weighted by Crippen LogP contribution is -2.21. The third kappa shape index (κ3) is 1.56. The van der Waals surface area contributed by atoms with E-state index in [1.807, 2.05) is 0 Å². The summed E-state index contributed by atoms with van der Waals surface area (Å²) in [4.78, 5) is 10.5. The number of carboxylic acids is 1. The van der Waals surface area contributed by atoms with E-state index in [4.69, 9.17) is 10.8 Å². The lowest BCUT2D eigenvalue weighted by Gasteiger charge is -2.02. The maximum atomic E-state index is 10.5. The zero-order chi connectivity index (χ0) is 8.27. The van der Waals surface area contributed by atoms with Gasteiger partial charge in [0.05, 0.1) is 5.69 Å². The number of carbonyl (C=O) groups is 1. The summed E-state index contributed by atoms with van der Waals surface area (Å²) >= 11 is 0. The van der Waals surface area contributed by atoms with Crippen molar-refractivity contribution < 1.29 is 14.4 Å². The zero-order valence-electron chi connectivity index (χ0n) is 5.73. The quantitative estimate of drug-likeness (QED) is 0.632. The molecule has 1 aromatic heterocycles. The molecule has 0 aromatic carbocycles. The molecule has 0 saturated heterocycles. The Morgan fingerprint density at radius 2 is 2.64 bits per heavy atom. The highest BCUT2D eigenvalue weighted by molar-refractivity contribution is 5.75. The molecule has 60 valence electrons. The summed E-state index contributed by atoms with van der Waals surface area (Å²) < 4.78 is 4.48. The van der Waals surface area contributed by atoms with Gasteiger partial charge in [-0.25, -0.2) is 0 Å². The van der Waals surface area contributed by atoms with Gasteiger partial charge in [0.15, 0.2) is 0 Å². The zero-order valence-corrected chi connectivity index (χ0v) is 5.73. The predicted octanol–water partition coefficient (Wildman–Crippen LogP) is -0.199. The maximum absolute atomic E-state index is 10.5. The molecule has 0 bridgehead atoms. The number of hydrogen-bond donors (Lipinski definition) is 2. The highest BCUT2D eigenvalue weighted by Gasteiger charge is 2.20. The van der Waals surface area contributed by atoms with E-state index >= 15 is 0 Å². The fraction of sp³-hybridized carbons (Fsp3) is 0.333. The van der Waals surface area contributed by atoms with E-state index in [0.717, 1.165) is 0 Å². The largest absolute Gasteiger partial charge is 0.481 e. The molecule has 3 N–H and O–H groups in total. The van der Waals surface area contributed by atoms with Gasteiger partial charge in [-0.1, -0.05) is 5.16 Å². The molecule has 0 aliphatic heterocycles. The van der Waals surface area contributed by atoms with Crippen LogP contribution >= 0.6 is 0 Å². The van der Waals surface area contributed by atoms with Gasteiger partial charge in [0.1, 0.15) is 12.2 Å². The monoisotopic (exact) mass is 156 g/mol. The second-order valence-corrected chi connectivity index (χ2v) is 2.05. The number of aromatic nitrogens is 1. The van der Waals surface area contributed by atoms with E-state index in [1.54, 1.807) is 0 Å². The van der Waals surface area contributed by atoms with Crippen LogP contribution in [0.4, 0.5) is 0 Å². The minimum Gasteiger partial charge on any atom is -0.481 e. The van der Waals surface area contributed by atoms with Crippen LogP contribution in [0.2, 0.25) is 0 Å². The summed E-state index contributed by atoms with van der Waals surface area (Å²) in [5, 5.41) is 12.1. The lowest BCUT2D eigenvalue weighted by atomic mass is 10.1. The molecule has 1 heterocycles. The highest BCUT2D eigenvalue weighted by atomic mass is 16.5. The van der Waals surface area contributed by atoms with Crippen molar-refractivity contribution in [2.24, 2.45) is 5.73 Å². The van der Waals surface area contributed by atoms with Crippen LogP contribution in [0.25, 0.3) is 0 Å². The molecule has 0 spiro atoms. The van der Waals surface area contributed by atoms with Crippen molar-refractivity contribution in [3.8, 4) is 0 Å². The van der Waals surface area contributed by atoms with Gasteiger partial charge in [-0.15, -0.1) is 0 Å². The van der Waals surface area contributed by atoms with Crippen LogP contribution in [0.1, 0.15) is 11.6 Å². The maximum Gasteiger partial charge on any atom is 0.314 e. The Hall–Kier alpha value is -1.36. The SMILES string of the molecule is NCC(C(=O)O)c1ccon1. The number of nitrogens with zero attached hydrogens (tertiary/aromatic N) is 1. The van der Waals surface area contributed by atoms with E-state index in [0.29, 0.717) is 5.69 Å². The van der Waals surface area contributed by atoms with Gasteiger partial charge in [0.25, 0.3) is 0 Å². The fourth-order valence-electron chi connectivity index (χ4n) is 0.750. The van der Waals surface area contributed by atoms with Gasteiger partial charge in [-0.2, -0.15) is 0 Å². The molecule has 5 nitrogen and oxygen atoms in total. The van der Waals surface area contributed by atoms with Crippen LogP contribution in [0.3, 0.4) is 0 Å². The van der Waals surface area contributed by atoms with Crippen LogP contribution in [0.5, 0.6) is 0 Å². The second-order valence-electron chi connectivity index (χ2n) is 2.05. The third-order valence-electron chi connectivity index (χ3n) is 1.35. The molecular weight excluding hydrogens is 148 g/mol.